The van der Waals surface area contributed by atoms with Gasteiger partial charge in [-0.3, -0.25) is 4.57 Å². The molecule has 8 aromatic carbocycles. The molecule has 65 heavy (non-hydrogen) atoms. The van der Waals surface area contributed by atoms with Crippen molar-refractivity contribution in [2.75, 3.05) is 11.4 Å². The minimum absolute atomic E-state index is 0.550. The topological polar surface area (TPSA) is 34.0 Å². The van der Waals surface area contributed by atoms with Crippen molar-refractivity contribution in [3.8, 4) is 17.2 Å². The van der Waals surface area contributed by atoms with E-state index in [1.165, 1.54) is 55.3 Å². The smallest absolute Gasteiger partial charge is 0.163 e. The first kappa shape index (κ1) is 37.2. The average molecular weight is 831 g/mol. The van der Waals surface area contributed by atoms with E-state index in [-0.39, 0.29) is 0 Å². The molecular weight excluding hydrogens is 789 g/mol. The van der Waals surface area contributed by atoms with Gasteiger partial charge in [-0.05, 0) is 74.3 Å². The third-order valence-electron chi connectivity index (χ3n) is 14.1. The largest absolute Gasteiger partial charge is 0.322 e. The van der Waals surface area contributed by atoms with Crippen LogP contribution in [0.15, 0.2) is 237 Å². The zero-order valence-corrected chi connectivity index (χ0v) is 35.6. The van der Waals surface area contributed by atoms with E-state index in [1.54, 1.807) is 0 Å². The number of fused-ring (bicyclic) bond motifs is 4. The minimum atomic E-state index is -0.609. The van der Waals surface area contributed by atoms with Crippen LogP contribution in [0.4, 0.5) is 11.5 Å². The highest BCUT2D eigenvalue weighted by Gasteiger charge is 2.60. The first-order chi connectivity index (χ1) is 32.2. The molecule has 14 rings (SSSR count). The van der Waals surface area contributed by atoms with Crippen LogP contribution in [0.25, 0.3) is 44.6 Å². The number of aromatic nitrogens is 3. The fraction of sp³-hybridized carbons (Fsp3) is 0.0492. The van der Waals surface area contributed by atoms with Gasteiger partial charge in [0.1, 0.15) is 11.6 Å². The quantitative estimate of drug-likeness (QED) is 0.173. The van der Waals surface area contributed by atoms with E-state index in [9.17, 15) is 0 Å². The van der Waals surface area contributed by atoms with Crippen LogP contribution in [0, 0.1) is 0 Å². The van der Waals surface area contributed by atoms with Crippen LogP contribution in [0.2, 0.25) is 0 Å². The van der Waals surface area contributed by atoms with Crippen molar-refractivity contribution < 1.29 is 0 Å². The second-order valence-corrected chi connectivity index (χ2v) is 17.3. The van der Waals surface area contributed by atoms with Crippen LogP contribution >= 0.6 is 0 Å². The highest BCUT2D eigenvalue weighted by Crippen LogP contribution is 2.66. The predicted octanol–water partition coefficient (Wildman–Crippen LogP) is 13.9. The van der Waals surface area contributed by atoms with Crippen molar-refractivity contribution in [1.29, 1.82) is 0 Å². The summed E-state index contributed by atoms with van der Waals surface area (Å²) in [5.74, 6) is 2.25. The molecule has 0 N–H and O–H groups in total. The van der Waals surface area contributed by atoms with E-state index in [2.05, 4.69) is 247 Å². The number of para-hydroxylation sites is 3. The van der Waals surface area contributed by atoms with Crippen molar-refractivity contribution >= 4 is 38.9 Å². The van der Waals surface area contributed by atoms with Gasteiger partial charge in [0.05, 0.1) is 27.6 Å². The molecule has 306 valence electrons. The zero-order chi connectivity index (χ0) is 43.1. The van der Waals surface area contributed by atoms with Crippen molar-refractivity contribution in [3.05, 3.63) is 287 Å². The van der Waals surface area contributed by atoms with Crippen molar-refractivity contribution in [3.63, 3.8) is 0 Å². The van der Waals surface area contributed by atoms with Gasteiger partial charge in [-0.15, -0.1) is 0 Å². The lowest BCUT2D eigenvalue weighted by atomic mass is 9.44. The summed E-state index contributed by atoms with van der Waals surface area (Å²) in [4.78, 5) is 13.5. The normalized spacial score (nSPS) is 19.1. The Labute approximate surface area is 378 Å². The van der Waals surface area contributed by atoms with Crippen molar-refractivity contribution in [1.82, 2.24) is 14.5 Å². The Balaban J connectivity index is 1.13. The SMILES string of the molecule is C=C1/C=C\C=C/CN(c2cc(-n3c4ccccc4c4ccccc43)nc(-c3ccc4c(c3)C3(c5ccccc5)c5ccccc5C4(c4ccccc4)c4ccccc43)n2)c2ccccc21. The molecule has 0 amide bonds. The third-order valence-corrected chi connectivity index (χ3v) is 14.1. The number of nitrogens with zero attached hydrogens (tertiary/aromatic N) is 4. The molecule has 0 radical (unpaired) electrons. The molecule has 3 heterocycles. The monoisotopic (exact) mass is 830 g/mol. The van der Waals surface area contributed by atoms with Gasteiger partial charge in [0.2, 0.25) is 0 Å². The van der Waals surface area contributed by atoms with Crippen LogP contribution in [0.3, 0.4) is 0 Å². The van der Waals surface area contributed by atoms with E-state index in [1.807, 2.05) is 0 Å². The summed E-state index contributed by atoms with van der Waals surface area (Å²) in [7, 11) is 0. The number of benzene rings is 8. The minimum Gasteiger partial charge on any atom is -0.322 e. The molecule has 3 aliphatic carbocycles. The Morgan fingerprint density at radius 3 is 1.58 bits per heavy atom. The number of rotatable bonds is 5. The summed E-state index contributed by atoms with van der Waals surface area (Å²) in [6.45, 7) is 5.09. The summed E-state index contributed by atoms with van der Waals surface area (Å²) < 4.78 is 2.31. The van der Waals surface area contributed by atoms with E-state index in [0.717, 1.165) is 45.1 Å². The van der Waals surface area contributed by atoms with Gasteiger partial charge in [-0.1, -0.05) is 207 Å². The highest BCUT2D eigenvalue weighted by atomic mass is 15.2. The van der Waals surface area contributed by atoms with Gasteiger partial charge in [0.25, 0.3) is 0 Å². The molecule has 0 saturated heterocycles. The molecule has 4 heteroatoms. The first-order valence-electron chi connectivity index (χ1n) is 22.4. The molecule has 4 aliphatic rings. The predicted molar refractivity (Wildman–Crippen MR) is 266 cm³/mol. The number of hydrogen-bond acceptors (Lipinski definition) is 3. The van der Waals surface area contributed by atoms with Crippen LogP contribution in [0.1, 0.15) is 50.1 Å². The van der Waals surface area contributed by atoms with Crippen LogP contribution in [-0.2, 0) is 10.8 Å². The molecule has 2 bridgehead atoms. The lowest BCUT2D eigenvalue weighted by molar-refractivity contribution is 0.557. The van der Waals surface area contributed by atoms with Crippen molar-refractivity contribution in [2.24, 2.45) is 0 Å². The summed E-state index contributed by atoms with van der Waals surface area (Å²) >= 11 is 0. The molecule has 0 fully saturated rings. The van der Waals surface area contributed by atoms with Gasteiger partial charge in [0, 0.05) is 34.5 Å². The molecule has 0 saturated carbocycles. The summed E-state index contributed by atoms with van der Waals surface area (Å²) in [6, 6.07) is 75.4. The summed E-state index contributed by atoms with van der Waals surface area (Å²) in [5, 5.41) is 2.36. The second kappa shape index (κ2) is 14.3. The Morgan fingerprint density at radius 1 is 0.446 bits per heavy atom. The molecule has 2 aromatic heterocycles. The third kappa shape index (κ3) is 5.19. The Kier molecular flexibility index (Phi) is 8.22. The van der Waals surface area contributed by atoms with Gasteiger partial charge in [-0.2, -0.15) is 0 Å². The standard InChI is InChI=1S/C61H42N4/c1-41-21-5-4-20-38-64(54-33-17-10-26-45(41)54)57-40-58(65-55-34-18-11-27-46(55)47-28-12-19-35-56(47)65)63-59(62-57)42-36-37-52-53(39-42)61(44-24-8-3-9-25-44)50-31-15-13-29-48(50)60(52,43-22-6-2-7-23-43)49-30-14-16-32-51(49)61/h2-37,39-40H,1,38H2/b20-4-,21-5-. The average Bonchev–Trinajstić information content (AvgIpc) is 3.75. The van der Waals surface area contributed by atoms with E-state index in [0.29, 0.717) is 12.4 Å². The molecular formula is C61H42N4. The fourth-order valence-electron chi connectivity index (χ4n) is 11.6. The summed E-state index contributed by atoms with van der Waals surface area (Å²) in [6.07, 6.45) is 8.43. The maximum Gasteiger partial charge on any atom is 0.163 e. The molecule has 1 aliphatic heterocycles. The summed E-state index contributed by atoms with van der Waals surface area (Å²) in [5.41, 5.74) is 15.2. The number of allylic oxidation sites excluding steroid dienone is 4. The molecule has 0 unspecified atom stereocenters. The Hall–Kier alpha value is -8.34. The van der Waals surface area contributed by atoms with Crippen LogP contribution in [-0.4, -0.2) is 21.1 Å². The van der Waals surface area contributed by atoms with Gasteiger partial charge in [0.15, 0.2) is 5.82 Å². The van der Waals surface area contributed by atoms with Gasteiger partial charge in [-0.25, -0.2) is 9.97 Å². The van der Waals surface area contributed by atoms with E-state index in [4.69, 9.17) is 9.97 Å². The van der Waals surface area contributed by atoms with Crippen LogP contribution < -0.4 is 4.90 Å². The van der Waals surface area contributed by atoms with Crippen molar-refractivity contribution in [2.45, 2.75) is 10.8 Å². The first-order valence-corrected chi connectivity index (χ1v) is 22.4. The van der Waals surface area contributed by atoms with E-state index < -0.39 is 10.8 Å². The van der Waals surface area contributed by atoms with Gasteiger partial charge >= 0.3 is 0 Å². The number of hydrogen-bond donors (Lipinski definition) is 0. The fourth-order valence-corrected chi connectivity index (χ4v) is 11.6. The molecule has 4 nitrogen and oxygen atoms in total. The molecule has 0 atom stereocenters. The van der Waals surface area contributed by atoms with Gasteiger partial charge < -0.3 is 4.90 Å². The highest BCUT2D eigenvalue weighted by molar-refractivity contribution is 6.09. The molecule has 0 spiro atoms. The molecule has 10 aromatic rings. The Morgan fingerprint density at radius 2 is 0.954 bits per heavy atom. The van der Waals surface area contributed by atoms with E-state index >= 15 is 0 Å². The number of anilines is 2. The second-order valence-electron chi connectivity index (χ2n) is 17.3. The lowest BCUT2D eigenvalue weighted by Crippen LogP contribution is -2.51. The maximum atomic E-state index is 5.62. The lowest BCUT2D eigenvalue weighted by Gasteiger charge is -2.57. The zero-order valence-electron chi connectivity index (χ0n) is 35.6. The van der Waals surface area contributed by atoms with Crippen LogP contribution in [0.5, 0.6) is 0 Å². The Bertz CT molecular complexity index is 3510. The maximum absolute atomic E-state index is 5.62.